The van der Waals surface area contributed by atoms with E-state index in [9.17, 15) is 10.1 Å². The van der Waals surface area contributed by atoms with Gasteiger partial charge in [0.2, 0.25) is 11.6 Å². The van der Waals surface area contributed by atoms with Crippen molar-refractivity contribution in [3.05, 3.63) is 57.8 Å². The van der Waals surface area contributed by atoms with Crippen molar-refractivity contribution in [2.45, 2.75) is 19.9 Å². The molecule has 0 saturated carbocycles. The third kappa shape index (κ3) is 2.92. The number of ether oxygens (including phenoxy) is 1. The maximum Gasteiger partial charge on any atom is 0.311 e. The number of hydrogen-bond donors (Lipinski definition) is 1. The van der Waals surface area contributed by atoms with E-state index in [1.165, 1.54) is 6.07 Å². The summed E-state index contributed by atoms with van der Waals surface area (Å²) in [6, 6.07) is 8.03. The second-order valence-corrected chi connectivity index (χ2v) is 4.52. The average Bonchev–Trinajstić information content (AvgIpc) is 2.41. The number of nitro benzene ring substituents is 1. The summed E-state index contributed by atoms with van der Waals surface area (Å²) < 4.78 is 5.59. The Hall–Kier alpha value is -2.47. The van der Waals surface area contributed by atoms with E-state index in [-0.39, 0.29) is 23.4 Å². The summed E-state index contributed by atoms with van der Waals surface area (Å²) in [5.41, 5.74) is 7.23. The highest BCUT2D eigenvalue weighted by Crippen LogP contribution is 2.33. The smallest absolute Gasteiger partial charge is 0.311 e. The molecular weight excluding hydrogens is 258 g/mol. The summed E-state index contributed by atoms with van der Waals surface area (Å²) in [4.78, 5) is 14.7. The third-order valence-electron chi connectivity index (χ3n) is 2.81. The van der Waals surface area contributed by atoms with E-state index in [1.807, 2.05) is 0 Å². The molecule has 0 fully saturated rings. The van der Waals surface area contributed by atoms with Crippen molar-refractivity contribution in [2.75, 3.05) is 0 Å². The quantitative estimate of drug-likeness (QED) is 0.682. The van der Waals surface area contributed by atoms with Crippen LogP contribution in [0.15, 0.2) is 36.5 Å². The lowest BCUT2D eigenvalue weighted by Gasteiger charge is -2.12. The fourth-order valence-electron chi connectivity index (χ4n) is 1.80. The molecule has 6 heteroatoms. The Kier molecular flexibility index (Phi) is 3.95. The molecule has 2 aromatic rings. The van der Waals surface area contributed by atoms with Gasteiger partial charge < -0.3 is 10.5 Å². The highest BCUT2D eigenvalue weighted by molar-refractivity contribution is 5.50. The molecule has 0 bridgehead atoms. The molecule has 1 aromatic heterocycles. The van der Waals surface area contributed by atoms with Gasteiger partial charge in [0, 0.05) is 23.9 Å². The average molecular weight is 273 g/mol. The van der Waals surface area contributed by atoms with Gasteiger partial charge in [0.25, 0.3) is 0 Å². The van der Waals surface area contributed by atoms with Crippen molar-refractivity contribution in [3.8, 4) is 11.6 Å². The van der Waals surface area contributed by atoms with Crippen LogP contribution in [-0.2, 0) is 0 Å². The zero-order valence-corrected chi connectivity index (χ0v) is 11.2. The minimum atomic E-state index is -0.475. The Morgan fingerprint density at radius 3 is 2.80 bits per heavy atom. The van der Waals surface area contributed by atoms with Crippen molar-refractivity contribution < 1.29 is 9.66 Å². The first kappa shape index (κ1) is 14.0. The molecule has 0 aliphatic carbocycles. The summed E-state index contributed by atoms with van der Waals surface area (Å²) in [5, 5.41) is 11.1. The number of aryl methyl sites for hydroxylation is 1. The molecule has 2 rings (SSSR count). The molecular formula is C14H15N3O3. The van der Waals surface area contributed by atoms with Gasteiger partial charge in [-0.05, 0) is 31.5 Å². The van der Waals surface area contributed by atoms with Crippen LogP contribution in [-0.4, -0.2) is 9.91 Å². The van der Waals surface area contributed by atoms with E-state index in [0.29, 0.717) is 5.56 Å². The molecule has 0 saturated heterocycles. The molecule has 1 atom stereocenters. The van der Waals surface area contributed by atoms with Crippen LogP contribution >= 0.6 is 0 Å². The summed E-state index contributed by atoms with van der Waals surface area (Å²) in [5.74, 6) is 0.440. The molecule has 2 N–H and O–H groups in total. The Bertz CT molecular complexity index is 641. The number of rotatable bonds is 4. The molecule has 0 unspecified atom stereocenters. The number of benzene rings is 1. The minimum Gasteiger partial charge on any atom is -0.431 e. The van der Waals surface area contributed by atoms with Crippen LogP contribution in [0, 0.1) is 17.0 Å². The fraction of sp³-hybridized carbons (Fsp3) is 0.214. The second kappa shape index (κ2) is 5.66. The second-order valence-electron chi connectivity index (χ2n) is 4.52. The van der Waals surface area contributed by atoms with E-state index >= 15 is 0 Å². The number of nitrogens with zero attached hydrogens (tertiary/aromatic N) is 2. The van der Waals surface area contributed by atoms with Crippen LogP contribution < -0.4 is 10.5 Å². The summed E-state index contributed by atoms with van der Waals surface area (Å²) in [6.07, 6.45) is 1.56. The van der Waals surface area contributed by atoms with Crippen LogP contribution in [0.1, 0.15) is 24.1 Å². The first-order chi connectivity index (χ1) is 9.49. The monoisotopic (exact) mass is 273 g/mol. The molecule has 104 valence electrons. The van der Waals surface area contributed by atoms with E-state index < -0.39 is 4.92 Å². The minimum absolute atomic E-state index is 0.0914. The summed E-state index contributed by atoms with van der Waals surface area (Å²) >= 11 is 0. The summed E-state index contributed by atoms with van der Waals surface area (Å²) in [6.45, 7) is 3.58. The van der Waals surface area contributed by atoms with Crippen LogP contribution in [0.3, 0.4) is 0 Å². The lowest BCUT2D eigenvalue weighted by Crippen LogP contribution is -2.07. The van der Waals surface area contributed by atoms with Gasteiger partial charge in [-0.15, -0.1) is 0 Å². The highest BCUT2D eigenvalue weighted by atomic mass is 16.6. The molecule has 1 heterocycles. The van der Waals surface area contributed by atoms with Gasteiger partial charge in [-0.2, -0.15) is 0 Å². The predicted molar refractivity (Wildman–Crippen MR) is 74.7 cm³/mol. The third-order valence-corrected chi connectivity index (χ3v) is 2.81. The molecule has 0 aliphatic heterocycles. The van der Waals surface area contributed by atoms with Gasteiger partial charge in [0.15, 0.2) is 0 Å². The Morgan fingerprint density at radius 2 is 2.15 bits per heavy atom. The van der Waals surface area contributed by atoms with Gasteiger partial charge in [-0.3, -0.25) is 10.1 Å². The van der Waals surface area contributed by atoms with Crippen molar-refractivity contribution in [1.82, 2.24) is 4.98 Å². The first-order valence-corrected chi connectivity index (χ1v) is 6.12. The normalized spacial score (nSPS) is 11.9. The molecule has 0 radical (unpaired) electrons. The molecule has 20 heavy (non-hydrogen) atoms. The van der Waals surface area contributed by atoms with Gasteiger partial charge in [0.05, 0.1) is 4.92 Å². The van der Waals surface area contributed by atoms with Gasteiger partial charge >= 0.3 is 5.69 Å². The topological polar surface area (TPSA) is 91.3 Å². The molecule has 0 spiro atoms. The largest absolute Gasteiger partial charge is 0.431 e. The number of pyridine rings is 1. The van der Waals surface area contributed by atoms with Crippen LogP contribution in [0.5, 0.6) is 11.6 Å². The number of hydrogen-bond acceptors (Lipinski definition) is 5. The van der Waals surface area contributed by atoms with E-state index in [1.54, 1.807) is 44.3 Å². The van der Waals surface area contributed by atoms with Crippen LogP contribution in [0.25, 0.3) is 0 Å². The zero-order valence-electron chi connectivity index (χ0n) is 11.2. The van der Waals surface area contributed by atoms with Crippen molar-refractivity contribution in [2.24, 2.45) is 5.73 Å². The number of nitrogens with two attached hydrogens (primary N) is 1. The molecule has 0 amide bonds. The highest BCUT2D eigenvalue weighted by Gasteiger charge is 2.18. The van der Waals surface area contributed by atoms with E-state index in [0.717, 1.165) is 5.56 Å². The van der Waals surface area contributed by atoms with E-state index in [2.05, 4.69) is 4.98 Å². The zero-order chi connectivity index (χ0) is 14.7. The molecule has 6 nitrogen and oxygen atoms in total. The predicted octanol–water partition coefficient (Wildman–Crippen LogP) is 3.11. The van der Waals surface area contributed by atoms with E-state index in [4.69, 9.17) is 10.5 Å². The van der Waals surface area contributed by atoms with Gasteiger partial charge in [-0.25, -0.2) is 4.98 Å². The Labute approximate surface area is 116 Å². The molecule has 0 aliphatic rings. The van der Waals surface area contributed by atoms with Crippen LogP contribution in [0.2, 0.25) is 0 Å². The maximum absolute atomic E-state index is 11.1. The van der Waals surface area contributed by atoms with Crippen molar-refractivity contribution in [3.63, 3.8) is 0 Å². The number of aromatic nitrogens is 1. The standard InChI is InChI=1S/C14H15N3O3/c1-9-5-6-13(12(8-9)17(18)19)20-14-11(10(2)15)4-3-7-16-14/h3-8,10H,15H2,1-2H3/t10-/m1/s1. The molecule has 1 aromatic carbocycles. The fourth-order valence-corrected chi connectivity index (χ4v) is 1.80. The summed E-state index contributed by atoms with van der Waals surface area (Å²) in [7, 11) is 0. The van der Waals surface area contributed by atoms with Gasteiger partial charge in [0.1, 0.15) is 0 Å². The number of nitro groups is 1. The van der Waals surface area contributed by atoms with Gasteiger partial charge in [-0.1, -0.05) is 12.1 Å². The lowest BCUT2D eigenvalue weighted by atomic mass is 10.1. The Morgan fingerprint density at radius 1 is 1.40 bits per heavy atom. The van der Waals surface area contributed by atoms with Crippen molar-refractivity contribution >= 4 is 5.69 Å². The van der Waals surface area contributed by atoms with Crippen molar-refractivity contribution in [1.29, 1.82) is 0 Å². The first-order valence-electron chi connectivity index (χ1n) is 6.12. The maximum atomic E-state index is 11.1. The SMILES string of the molecule is Cc1ccc(Oc2ncccc2[C@@H](C)N)c([N+](=O)[O-])c1. The Balaban J connectivity index is 2.43. The van der Waals surface area contributed by atoms with Crippen LogP contribution in [0.4, 0.5) is 5.69 Å². The lowest BCUT2D eigenvalue weighted by molar-refractivity contribution is -0.385.